The Labute approximate surface area is 244 Å². The monoisotopic (exact) mass is 615 g/mol. The predicted molar refractivity (Wildman–Crippen MR) is 157 cm³/mol. The molecule has 1 aromatic heterocycles. The molecule has 0 saturated carbocycles. The van der Waals surface area contributed by atoms with Crippen molar-refractivity contribution in [1.29, 1.82) is 0 Å². The van der Waals surface area contributed by atoms with Gasteiger partial charge in [-0.15, -0.1) is 0 Å². The van der Waals surface area contributed by atoms with Crippen LogP contribution in [0, 0.1) is 6.92 Å². The van der Waals surface area contributed by atoms with Crippen LogP contribution in [0.3, 0.4) is 0 Å². The van der Waals surface area contributed by atoms with Gasteiger partial charge in [-0.05, 0) is 49.7 Å². The number of nitrogens with zero attached hydrogens (tertiary/aromatic N) is 2. The molecule has 1 amide bonds. The number of H-pyrrole nitrogens is 1. The van der Waals surface area contributed by atoms with Crippen molar-refractivity contribution in [3.05, 3.63) is 70.0 Å². The summed E-state index contributed by atoms with van der Waals surface area (Å²) in [7, 11) is -4.02. The smallest absolute Gasteiger partial charge is 0.326 e. The molecule has 0 saturated heterocycles. The second-order valence-electron chi connectivity index (χ2n) is 9.20. The molecule has 0 bridgehead atoms. The quantitative estimate of drug-likeness (QED) is 0.149. The van der Waals surface area contributed by atoms with Gasteiger partial charge < -0.3 is 31.9 Å². The Bertz CT molecular complexity index is 1690. The fourth-order valence-electron chi connectivity index (χ4n) is 3.62. The number of nitrogens with one attached hydrogen (secondary N) is 4. The van der Waals surface area contributed by atoms with Crippen molar-refractivity contribution in [3.8, 4) is 0 Å². The van der Waals surface area contributed by atoms with Crippen LogP contribution in [0.1, 0.15) is 28.8 Å². The Kier molecular flexibility index (Phi) is 10.5. The second kappa shape index (κ2) is 14.1. The van der Waals surface area contributed by atoms with Gasteiger partial charge in [0, 0.05) is 17.7 Å². The van der Waals surface area contributed by atoms with Crippen LogP contribution in [-0.4, -0.2) is 75.8 Å². The van der Waals surface area contributed by atoms with Crippen LogP contribution in [0.2, 0.25) is 0 Å². The minimum atomic E-state index is -4.02. The summed E-state index contributed by atoms with van der Waals surface area (Å²) in [6, 6.07) is 10.9. The van der Waals surface area contributed by atoms with Crippen molar-refractivity contribution in [2.75, 3.05) is 29.5 Å². The zero-order valence-electron chi connectivity index (χ0n) is 22.7. The Balaban J connectivity index is 0.000000386. The predicted octanol–water partition coefficient (Wildman–Crippen LogP) is 1.25. The number of aromatic amines is 1. The lowest BCUT2D eigenvalue weighted by molar-refractivity contribution is -0.140. The SMILES string of the molecule is Cc1ccc(S(=O)(=O)O)cc1.Nc1nc2c(c(=O)[nH]1)N=C(CNc1ccc(C(=O)NC(CCC(=O)O)C(=O)O)cc1)CN2. The summed E-state index contributed by atoms with van der Waals surface area (Å²) in [6.45, 7) is 2.52. The van der Waals surface area contributed by atoms with E-state index in [-0.39, 0.29) is 34.9 Å². The number of aryl methyl sites for hydroxylation is 1. The van der Waals surface area contributed by atoms with Crippen molar-refractivity contribution in [3.63, 3.8) is 0 Å². The van der Waals surface area contributed by atoms with Gasteiger partial charge in [0.2, 0.25) is 5.95 Å². The van der Waals surface area contributed by atoms with Gasteiger partial charge >= 0.3 is 11.9 Å². The van der Waals surface area contributed by atoms with Gasteiger partial charge in [0.25, 0.3) is 21.6 Å². The van der Waals surface area contributed by atoms with Gasteiger partial charge in [0.15, 0.2) is 11.5 Å². The van der Waals surface area contributed by atoms with E-state index < -0.39 is 39.6 Å². The lowest BCUT2D eigenvalue weighted by Gasteiger charge is -2.17. The fraction of sp³-hybridized carbons (Fsp3) is 0.231. The average molecular weight is 616 g/mol. The molecular weight excluding hydrogens is 586 g/mol. The number of aliphatic imine (C=N–C) groups is 1. The lowest BCUT2D eigenvalue weighted by Crippen LogP contribution is -2.41. The molecule has 0 aliphatic carbocycles. The van der Waals surface area contributed by atoms with Gasteiger partial charge in [-0.1, -0.05) is 17.7 Å². The number of amides is 1. The maximum absolute atomic E-state index is 12.3. The molecule has 0 fully saturated rings. The van der Waals surface area contributed by atoms with Crippen LogP contribution in [0.25, 0.3) is 0 Å². The Morgan fingerprint density at radius 1 is 1.07 bits per heavy atom. The first-order chi connectivity index (χ1) is 20.2. The molecule has 2 heterocycles. The van der Waals surface area contributed by atoms with Crippen LogP contribution in [0.4, 0.5) is 23.1 Å². The first-order valence-corrected chi connectivity index (χ1v) is 14.0. The van der Waals surface area contributed by atoms with Crippen LogP contribution in [0.5, 0.6) is 0 Å². The maximum Gasteiger partial charge on any atom is 0.326 e. The van der Waals surface area contributed by atoms with Gasteiger partial charge in [-0.2, -0.15) is 13.4 Å². The molecule has 3 aromatic rings. The van der Waals surface area contributed by atoms with E-state index in [1.807, 2.05) is 6.92 Å². The highest BCUT2D eigenvalue weighted by molar-refractivity contribution is 7.85. The largest absolute Gasteiger partial charge is 0.481 e. The molecule has 2 aromatic carbocycles. The van der Waals surface area contributed by atoms with Crippen molar-refractivity contribution < 1.29 is 37.6 Å². The summed E-state index contributed by atoms with van der Waals surface area (Å²) in [5.74, 6) is -2.77. The molecule has 228 valence electrons. The molecule has 1 atom stereocenters. The lowest BCUT2D eigenvalue weighted by atomic mass is 10.1. The van der Waals surface area contributed by atoms with Gasteiger partial charge in [-0.25, -0.2) is 9.79 Å². The number of carboxylic acid groups (broad SMARTS) is 2. The van der Waals surface area contributed by atoms with E-state index >= 15 is 0 Å². The third-order valence-electron chi connectivity index (χ3n) is 5.86. The summed E-state index contributed by atoms with van der Waals surface area (Å²) in [4.78, 5) is 56.7. The molecule has 9 N–H and O–H groups in total. The Hall–Kier alpha value is -5.29. The summed E-state index contributed by atoms with van der Waals surface area (Å²) < 4.78 is 29.6. The third kappa shape index (κ3) is 9.65. The topological polar surface area (TPSA) is 266 Å². The van der Waals surface area contributed by atoms with Crippen molar-refractivity contribution >= 4 is 56.8 Å². The number of anilines is 3. The van der Waals surface area contributed by atoms with Gasteiger partial charge in [0.05, 0.1) is 23.7 Å². The minimum Gasteiger partial charge on any atom is -0.481 e. The van der Waals surface area contributed by atoms with E-state index in [4.69, 9.17) is 20.5 Å². The third-order valence-corrected chi connectivity index (χ3v) is 6.72. The number of nitrogen functional groups attached to an aromatic ring is 1. The molecular formula is C26H29N7O9S. The highest BCUT2D eigenvalue weighted by atomic mass is 32.2. The molecule has 1 aliphatic heterocycles. The molecule has 1 aliphatic rings. The van der Waals surface area contributed by atoms with Crippen LogP contribution in [0.15, 0.2) is 63.2 Å². The minimum absolute atomic E-state index is 0.00119. The van der Waals surface area contributed by atoms with E-state index in [0.29, 0.717) is 30.3 Å². The van der Waals surface area contributed by atoms with Crippen molar-refractivity contribution in [2.45, 2.75) is 30.7 Å². The molecule has 43 heavy (non-hydrogen) atoms. The normalized spacial score (nSPS) is 12.7. The van der Waals surface area contributed by atoms with E-state index in [0.717, 1.165) is 5.56 Å². The number of nitrogens with two attached hydrogens (primary N) is 1. The molecule has 0 spiro atoms. The number of fused-ring (bicyclic) bond motifs is 1. The van der Waals surface area contributed by atoms with E-state index in [1.165, 1.54) is 24.3 Å². The van der Waals surface area contributed by atoms with Crippen molar-refractivity contribution in [2.24, 2.45) is 4.99 Å². The zero-order chi connectivity index (χ0) is 31.7. The Morgan fingerprint density at radius 3 is 2.30 bits per heavy atom. The second-order valence-corrected chi connectivity index (χ2v) is 10.6. The van der Waals surface area contributed by atoms with E-state index in [9.17, 15) is 27.6 Å². The van der Waals surface area contributed by atoms with Gasteiger partial charge in [0.1, 0.15) is 6.04 Å². The highest BCUT2D eigenvalue weighted by Gasteiger charge is 2.22. The number of hydrogen-bond acceptors (Lipinski definition) is 11. The molecule has 1 unspecified atom stereocenters. The highest BCUT2D eigenvalue weighted by Crippen LogP contribution is 2.21. The standard InChI is InChI=1S/C19H21N7O6.C7H8O3S/c20-19-25-15-14(17(30)26-19)23-11(8-22-15)7-21-10-3-1-9(2-4-10)16(29)24-12(18(31)32)5-6-13(27)28;1-6-2-4-7(5-3-6)11(8,9)10/h1-4,12,21H,5-8H2,(H,24,29)(H,27,28)(H,31,32)(H4,20,22,25,26,30);2-5H,1H3,(H,8,9,10). The van der Waals surface area contributed by atoms with E-state index in [2.05, 4.69) is 30.9 Å². The number of hydrogen-bond donors (Lipinski definition) is 8. The molecule has 4 rings (SSSR count). The number of benzene rings is 2. The van der Waals surface area contributed by atoms with Crippen LogP contribution < -0.4 is 27.2 Å². The molecule has 17 heteroatoms. The van der Waals surface area contributed by atoms with Gasteiger partial charge in [-0.3, -0.25) is 23.9 Å². The molecule has 16 nitrogen and oxygen atoms in total. The number of aromatic nitrogens is 2. The van der Waals surface area contributed by atoms with Crippen LogP contribution >= 0.6 is 0 Å². The number of aliphatic carboxylic acids is 2. The van der Waals surface area contributed by atoms with E-state index in [1.54, 1.807) is 24.3 Å². The summed E-state index contributed by atoms with van der Waals surface area (Å²) >= 11 is 0. The van der Waals surface area contributed by atoms with Crippen LogP contribution in [-0.2, 0) is 19.7 Å². The summed E-state index contributed by atoms with van der Waals surface area (Å²) in [5, 5.41) is 26.2. The maximum atomic E-state index is 12.3. The first-order valence-electron chi connectivity index (χ1n) is 12.6. The molecule has 0 radical (unpaired) electrons. The average Bonchev–Trinajstić information content (AvgIpc) is 2.94. The number of carboxylic acids is 2. The first kappa shape index (κ1) is 32.2. The zero-order valence-corrected chi connectivity index (χ0v) is 23.5. The number of rotatable bonds is 10. The Morgan fingerprint density at radius 2 is 1.72 bits per heavy atom. The summed E-state index contributed by atoms with van der Waals surface area (Å²) in [5.41, 5.74) is 7.70. The number of carbonyl (C=O) groups excluding carboxylic acids is 1. The fourth-order valence-corrected chi connectivity index (χ4v) is 4.10. The van der Waals surface area contributed by atoms with Crippen molar-refractivity contribution in [1.82, 2.24) is 15.3 Å². The number of carbonyl (C=O) groups is 3. The summed E-state index contributed by atoms with van der Waals surface area (Å²) in [6.07, 6.45) is -0.598.